The van der Waals surface area contributed by atoms with Gasteiger partial charge in [0.15, 0.2) is 0 Å². The quantitative estimate of drug-likeness (QED) is 0.321. The first kappa shape index (κ1) is 23.4. The van der Waals surface area contributed by atoms with Gasteiger partial charge < -0.3 is 15.4 Å². The molecule has 0 spiro atoms. The van der Waals surface area contributed by atoms with Gasteiger partial charge in [-0.15, -0.1) is 13.2 Å². The van der Waals surface area contributed by atoms with Crippen molar-refractivity contribution in [3.63, 3.8) is 0 Å². The van der Waals surface area contributed by atoms with E-state index in [4.69, 9.17) is 11.6 Å². The lowest BCUT2D eigenvalue weighted by Gasteiger charge is -2.21. The summed E-state index contributed by atoms with van der Waals surface area (Å²) in [5, 5.41) is 6.85. The Hall–Kier alpha value is -2.27. The fraction of sp³-hybridized carbons (Fsp3) is 0.238. The standard InChI is InChI=1S/C21H19ClF3IN4O/c1-20(2,3)30-19-28-17(12-5-4-6-14(9-12)31-21(23,24)25)11-18(29-19)27-16-8-7-13(26)10-15(16)22/h4-11H,1-3H3,(H2,27,28,29,30). The van der Waals surface area contributed by atoms with Gasteiger partial charge in [-0.1, -0.05) is 23.7 Å². The predicted octanol–water partition coefficient (Wildman–Crippen LogP) is 7.25. The van der Waals surface area contributed by atoms with Crippen molar-refractivity contribution in [1.82, 2.24) is 9.97 Å². The van der Waals surface area contributed by atoms with Gasteiger partial charge in [0.25, 0.3) is 0 Å². The third-order valence-electron chi connectivity index (χ3n) is 3.77. The third kappa shape index (κ3) is 7.13. The van der Waals surface area contributed by atoms with Crippen molar-refractivity contribution in [2.24, 2.45) is 0 Å². The fourth-order valence-electron chi connectivity index (χ4n) is 2.63. The molecule has 3 rings (SSSR count). The second-order valence-corrected chi connectivity index (χ2v) is 9.31. The van der Waals surface area contributed by atoms with Crippen molar-refractivity contribution in [3.05, 3.63) is 57.1 Å². The third-order valence-corrected chi connectivity index (χ3v) is 4.75. The number of nitrogens with one attached hydrogen (secondary N) is 2. The van der Waals surface area contributed by atoms with E-state index in [2.05, 4.69) is 47.9 Å². The van der Waals surface area contributed by atoms with Crippen LogP contribution in [0.2, 0.25) is 5.02 Å². The maximum absolute atomic E-state index is 12.6. The molecule has 0 saturated carbocycles. The number of nitrogens with zero attached hydrogens (tertiary/aromatic N) is 2. The number of halogens is 5. The first-order valence-electron chi connectivity index (χ1n) is 9.13. The van der Waals surface area contributed by atoms with Crippen LogP contribution in [0.5, 0.6) is 5.75 Å². The molecule has 164 valence electrons. The SMILES string of the molecule is CC(C)(C)Nc1nc(Nc2ccc(I)cc2Cl)cc(-c2cccc(OC(F)(F)F)c2)n1. The van der Waals surface area contributed by atoms with Gasteiger partial charge in [0.1, 0.15) is 11.6 Å². The molecule has 2 aromatic carbocycles. The maximum atomic E-state index is 12.6. The molecular formula is C21H19ClF3IN4O. The first-order valence-corrected chi connectivity index (χ1v) is 10.6. The molecule has 0 bridgehead atoms. The summed E-state index contributed by atoms with van der Waals surface area (Å²) in [6, 6.07) is 12.8. The molecule has 31 heavy (non-hydrogen) atoms. The molecule has 0 aliphatic rings. The van der Waals surface area contributed by atoms with Crippen LogP contribution >= 0.6 is 34.2 Å². The Balaban J connectivity index is 2.02. The molecule has 5 nitrogen and oxygen atoms in total. The number of hydrogen-bond donors (Lipinski definition) is 2. The van der Waals surface area contributed by atoms with Crippen LogP contribution in [0.15, 0.2) is 48.5 Å². The van der Waals surface area contributed by atoms with Crippen LogP contribution in [0.3, 0.4) is 0 Å². The average molecular weight is 563 g/mol. The minimum atomic E-state index is -4.78. The van der Waals surface area contributed by atoms with Crippen molar-refractivity contribution >= 4 is 51.6 Å². The summed E-state index contributed by atoms with van der Waals surface area (Å²) in [6.07, 6.45) is -4.78. The van der Waals surface area contributed by atoms with Crippen molar-refractivity contribution in [1.29, 1.82) is 0 Å². The van der Waals surface area contributed by atoms with E-state index >= 15 is 0 Å². The van der Waals surface area contributed by atoms with Gasteiger partial charge in [-0.05, 0) is 73.7 Å². The minimum absolute atomic E-state index is 0.316. The summed E-state index contributed by atoms with van der Waals surface area (Å²) >= 11 is 8.47. The summed E-state index contributed by atoms with van der Waals surface area (Å²) in [7, 11) is 0. The number of ether oxygens (including phenoxy) is 1. The molecule has 3 aromatic rings. The van der Waals surface area contributed by atoms with E-state index in [-0.39, 0.29) is 11.3 Å². The van der Waals surface area contributed by atoms with Gasteiger partial charge in [0, 0.05) is 20.7 Å². The van der Waals surface area contributed by atoms with Gasteiger partial charge in [-0.2, -0.15) is 4.98 Å². The molecule has 10 heteroatoms. The normalized spacial score (nSPS) is 11.9. The molecule has 0 unspecified atom stereocenters. The van der Waals surface area contributed by atoms with Crippen LogP contribution in [0, 0.1) is 3.57 Å². The molecule has 1 aromatic heterocycles. The Morgan fingerprint density at radius 1 is 1.00 bits per heavy atom. The summed E-state index contributed by atoms with van der Waals surface area (Å²) in [6.45, 7) is 5.85. The van der Waals surface area contributed by atoms with Crippen LogP contribution in [-0.2, 0) is 0 Å². The number of alkyl halides is 3. The molecule has 0 atom stereocenters. The molecule has 2 N–H and O–H groups in total. The Morgan fingerprint density at radius 2 is 1.74 bits per heavy atom. The molecule has 0 saturated heterocycles. The molecule has 0 radical (unpaired) electrons. The molecule has 0 amide bonds. The lowest BCUT2D eigenvalue weighted by atomic mass is 10.1. The second kappa shape index (κ2) is 9.07. The lowest BCUT2D eigenvalue weighted by molar-refractivity contribution is -0.274. The number of anilines is 3. The summed E-state index contributed by atoms with van der Waals surface area (Å²) in [5.41, 5.74) is 1.16. The van der Waals surface area contributed by atoms with Crippen LogP contribution in [0.4, 0.5) is 30.6 Å². The zero-order valence-electron chi connectivity index (χ0n) is 16.8. The highest BCUT2D eigenvalue weighted by Crippen LogP contribution is 2.31. The number of benzene rings is 2. The molecule has 1 heterocycles. The maximum Gasteiger partial charge on any atom is 0.573 e. The Morgan fingerprint density at radius 3 is 2.39 bits per heavy atom. The monoisotopic (exact) mass is 562 g/mol. The summed E-state index contributed by atoms with van der Waals surface area (Å²) in [4.78, 5) is 8.95. The van der Waals surface area contributed by atoms with Crippen LogP contribution in [0.25, 0.3) is 11.3 Å². The van der Waals surface area contributed by atoms with Gasteiger partial charge in [0.2, 0.25) is 5.95 Å². The summed E-state index contributed by atoms with van der Waals surface area (Å²) < 4.78 is 42.9. The second-order valence-electron chi connectivity index (χ2n) is 7.66. The molecular weight excluding hydrogens is 544 g/mol. The zero-order chi connectivity index (χ0) is 22.8. The molecule has 0 aliphatic carbocycles. The highest BCUT2D eigenvalue weighted by molar-refractivity contribution is 14.1. The van der Waals surface area contributed by atoms with Crippen molar-refractivity contribution in [2.45, 2.75) is 32.7 Å². The topological polar surface area (TPSA) is 59.1 Å². The van der Waals surface area contributed by atoms with Crippen LogP contribution in [0.1, 0.15) is 20.8 Å². The van der Waals surface area contributed by atoms with Crippen molar-refractivity contribution in [2.75, 3.05) is 10.6 Å². The Bertz CT molecular complexity index is 1090. The highest BCUT2D eigenvalue weighted by Gasteiger charge is 2.31. The van der Waals surface area contributed by atoms with E-state index in [1.54, 1.807) is 18.2 Å². The Labute approximate surface area is 196 Å². The number of hydrogen-bond acceptors (Lipinski definition) is 5. The van der Waals surface area contributed by atoms with E-state index in [0.29, 0.717) is 33.7 Å². The zero-order valence-corrected chi connectivity index (χ0v) is 19.7. The van der Waals surface area contributed by atoms with E-state index < -0.39 is 6.36 Å². The van der Waals surface area contributed by atoms with Crippen LogP contribution < -0.4 is 15.4 Å². The Kier molecular flexibility index (Phi) is 6.85. The van der Waals surface area contributed by atoms with Gasteiger partial charge >= 0.3 is 6.36 Å². The minimum Gasteiger partial charge on any atom is -0.406 e. The van der Waals surface area contributed by atoms with Crippen LogP contribution in [-0.4, -0.2) is 21.9 Å². The average Bonchev–Trinajstić information content (AvgIpc) is 2.61. The molecule has 0 aliphatic heterocycles. The van der Waals surface area contributed by atoms with Gasteiger partial charge in [0.05, 0.1) is 16.4 Å². The van der Waals surface area contributed by atoms with E-state index in [1.807, 2.05) is 32.9 Å². The van der Waals surface area contributed by atoms with Crippen molar-refractivity contribution < 1.29 is 17.9 Å². The van der Waals surface area contributed by atoms with Gasteiger partial charge in [-0.3, -0.25) is 0 Å². The lowest BCUT2D eigenvalue weighted by Crippen LogP contribution is -2.27. The van der Waals surface area contributed by atoms with Gasteiger partial charge in [-0.25, -0.2) is 4.98 Å². The van der Waals surface area contributed by atoms with E-state index in [0.717, 1.165) is 3.57 Å². The molecule has 0 fully saturated rings. The smallest absolute Gasteiger partial charge is 0.406 e. The number of aromatic nitrogens is 2. The van der Waals surface area contributed by atoms with E-state index in [1.165, 1.54) is 18.2 Å². The largest absolute Gasteiger partial charge is 0.573 e. The highest BCUT2D eigenvalue weighted by atomic mass is 127. The fourth-order valence-corrected chi connectivity index (χ4v) is 3.53. The number of rotatable bonds is 5. The van der Waals surface area contributed by atoms with E-state index in [9.17, 15) is 13.2 Å². The van der Waals surface area contributed by atoms with Crippen molar-refractivity contribution in [3.8, 4) is 17.0 Å². The summed E-state index contributed by atoms with van der Waals surface area (Å²) in [5.74, 6) is 0.419. The first-order chi connectivity index (χ1) is 14.4. The predicted molar refractivity (Wildman–Crippen MR) is 125 cm³/mol.